The molecule has 1 rings (SSSR count). The van der Waals surface area contributed by atoms with E-state index in [1.54, 1.807) is 0 Å². The summed E-state index contributed by atoms with van der Waals surface area (Å²) < 4.78 is 64.0. The molecular weight excluding hydrogens is 214 g/mol. The Morgan fingerprint density at radius 3 is 1.53 bits per heavy atom. The summed E-state index contributed by atoms with van der Waals surface area (Å²) in [6.07, 6.45) is 0.0678. The van der Waals surface area contributed by atoms with E-state index in [9.17, 15) is 22.0 Å². The molecule has 6 heteroatoms. The predicted octanol–water partition coefficient (Wildman–Crippen LogP) is 3.00. The molecule has 2 radical (unpaired) electrons. The molecule has 0 spiro atoms. The summed E-state index contributed by atoms with van der Waals surface area (Å²) >= 11 is 0. The number of benzene rings is 1. The van der Waals surface area contributed by atoms with Crippen LogP contribution in [0.3, 0.4) is 0 Å². The third-order valence-corrected chi connectivity index (χ3v) is 2.05. The van der Waals surface area contributed by atoms with E-state index >= 15 is 0 Å². The van der Waals surface area contributed by atoms with E-state index in [2.05, 4.69) is 0 Å². The third kappa shape index (κ3) is 1.85. The van der Waals surface area contributed by atoms with E-state index < -0.39 is 40.5 Å². The summed E-state index contributed by atoms with van der Waals surface area (Å²) in [6.45, 7) is 1.47. The summed E-state index contributed by atoms with van der Waals surface area (Å²) in [6, 6.07) is 0. The van der Waals surface area contributed by atoms with Gasteiger partial charge in [-0.15, -0.1) is 0 Å². The quantitative estimate of drug-likeness (QED) is 0.311. The fraction of sp³-hybridized carbons (Fsp3) is 0.333. The lowest BCUT2D eigenvalue weighted by molar-refractivity contribution is 0.368. The summed E-state index contributed by atoms with van der Waals surface area (Å²) in [7, 11) is 5.25. The number of hydrogen-bond acceptors (Lipinski definition) is 0. The van der Waals surface area contributed by atoms with Crippen molar-refractivity contribution in [3.8, 4) is 0 Å². The van der Waals surface area contributed by atoms with E-state index in [-0.39, 0.29) is 6.42 Å². The van der Waals surface area contributed by atoms with Gasteiger partial charge in [0.1, 0.15) is 0 Å². The van der Waals surface area contributed by atoms with Crippen LogP contribution in [0.5, 0.6) is 0 Å². The second kappa shape index (κ2) is 4.20. The van der Waals surface area contributed by atoms with Crippen LogP contribution < -0.4 is 0 Å². The highest BCUT2D eigenvalue weighted by Crippen LogP contribution is 2.28. The minimum Gasteiger partial charge on any atom is -0.203 e. The average Bonchev–Trinajstić information content (AvgIpc) is 2.23. The molecule has 1 aromatic carbocycles. The monoisotopic (exact) mass is 220 g/mol. The first-order valence-electron chi connectivity index (χ1n) is 4.18. The summed E-state index contributed by atoms with van der Waals surface area (Å²) in [5, 5.41) is 0. The highest BCUT2D eigenvalue weighted by molar-refractivity contribution is 6.12. The number of rotatable bonds is 2. The smallest absolute Gasteiger partial charge is 0.200 e. The maximum absolute atomic E-state index is 13.0. The van der Waals surface area contributed by atoms with Crippen LogP contribution in [0.4, 0.5) is 22.0 Å². The average molecular weight is 220 g/mol. The zero-order chi connectivity index (χ0) is 11.7. The van der Waals surface area contributed by atoms with Crippen LogP contribution in [0.2, 0.25) is 0 Å². The highest BCUT2D eigenvalue weighted by atomic mass is 19.2. The van der Waals surface area contributed by atoms with Gasteiger partial charge in [-0.25, -0.2) is 22.0 Å². The van der Waals surface area contributed by atoms with Crippen molar-refractivity contribution in [3.63, 3.8) is 0 Å². The van der Waals surface area contributed by atoms with Gasteiger partial charge in [0, 0.05) is 5.56 Å². The van der Waals surface area contributed by atoms with Crippen LogP contribution in [0, 0.1) is 29.1 Å². The van der Waals surface area contributed by atoms with Crippen molar-refractivity contribution < 1.29 is 22.0 Å². The van der Waals surface area contributed by atoms with Crippen molar-refractivity contribution in [2.75, 3.05) is 0 Å². The molecule has 1 aromatic rings. The zero-order valence-corrected chi connectivity index (χ0v) is 7.75. The Bertz CT molecular complexity index is 362. The minimum absolute atomic E-state index is 0.0678. The number of halogens is 5. The molecule has 0 bridgehead atoms. The molecule has 0 saturated carbocycles. The molecule has 15 heavy (non-hydrogen) atoms. The van der Waals surface area contributed by atoms with Gasteiger partial charge in [-0.3, -0.25) is 0 Å². The summed E-state index contributed by atoms with van der Waals surface area (Å²) in [4.78, 5) is 0. The Morgan fingerprint density at radius 2 is 1.20 bits per heavy atom. The van der Waals surface area contributed by atoms with Crippen LogP contribution >= 0.6 is 0 Å². The van der Waals surface area contributed by atoms with Gasteiger partial charge in [0.15, 0.2) is 23.3 Å². The lowest BCUT2D eigenvalue weighted by Gasteiger charge is -2.13. The molecule has 0 aliphatic heterocycles. The highest BCUT2D eigenvalue weighted by Gasteiger charge is 2.27. The second-order valence-corrected chi connectivity index (χ2v) is 3.00. The van der Waals surface area contributed by atoms with Crippen LogP contribution in [0.15, 0.2) is 0 Å². The van der Waals surface area contributed by atoms with E-state index in [0.29, 0.717) is 0 Å². The van der Waals surface area contributed by atoms with Gasteiger partial charge in [0.25, 0.3) is 0 Å². The van der Waals surface area contributed by atoms with Crippen molar-refractivity contribution in [3.05, 3.63) is 34.6 Å². The third-order valence-electron chi connectivity index (χ3n) is 2.05. The Kier molecular flexibility index (Phi) is 3.37. The van der Waals surface area contributed by atoms with Crippen molar-refractivity contribution in [1.29, 1.82) is 0 Å². The van der Waals surface area contributed by atoms with Gasteiger partial charge in [0.2, 0.25) is 5.82 Å². The number of hydrogen-bond donors (Lipinski definition) is 0. The zero-order valence-electron chi connectivity index (χ0n) is 7.75. The molecule has 80 valence electrons. The second-order valence-electron chi connectivity index (χ2n) is 3.00. The standard InChI is InChI=1S/C9H6BF5/c1-2-3(10)4-5(11)7(13)9(15)8(14)6(4)12/h3H,2H2,1H3. The van der Waals surface area contributed by atoms with Gasteiger partial charge in [-0.1, -0.05) is 13.3 Å². The van der Waals surface area contributed by atoms with E-state index in [1.807, 2.05) is 0 Å². The van der Waals surface area contributed by atoms with Crippen LogP contribution in [0.25, 0.3) is 0 Å². The van der Waals surface area contributed by atoms with E-state index in [4.69, 9.17) is 7.85 Å². The Hall–Kier alpha value is -1.07. The molecular formula is C9H6BF5. The van der Waals surface area contributed by atoms with Gasteiger partial charge >= 0.3 is 0 Å². The molecule has 0 aromatic heterocycles. The van der Waals surface area contributed by atoms with Crippen LogP contribution in [-0.4, -0.2) is 7.85 Å². The maximum Gasteiger partial charge on any atom is 0.200 e. The molecule has 0 nitrogen and oxygen atoms in total. The Balaban J connectivity index is 3.52. The van der Waals surface area contributed by atoms with E-state index in [0.717, 1.165) is 0 Å². The fourth-order valence-electron chi connectivity index (χ4n) is 1.15. The van der Waals surface area contributed by atoms with Gasteiger partial charge in [-0.05, 0) is 5.82 Å². The summed E-state index contributed by atoms with van der Waals surface area (Å²) in [5.74, 6) is -11.0. The fourth-order valence-corrected chi connectivity index (χ4v) is 1.15. The Labute approximate surface area is 84.5 Å². The van der Waals surface area contributed by atoms with Gasteiger partial charge in [0.05, 0.1) is 7.85 Å². The van der Waals surface area contributed by atoms with Crippen molar-refractivity contribution in [2.45, 2.75) is 19.2 Å². The topological polar surface area (TPSA) is 0 Å². The first-order chi connectivity index (χ1) is 6.91. The molecule has 0 fully saturated rings. The van der Waals surface area contributed by atoms with Crippen molar-refractivity contribution in [2.24, 2.45) is 0 Å². The lowest BCUT2D eigenvalue weighted by Crippen LogP contribution is -2.11. The molecule has 0 aliphatic rings. The predicted molar refractivity (Wildman–Crippen MR) is 45.0 cm³/mol. The molecule has 0 saturated heterocycles. The molecule has 0 aliphatic carbocycles. The largest absolute Gasteiger partial charge is 0.203 e. The first kappa shape index (κ1) is 12.0. The minimum atomic E-state index is -2.17. The molecule has 1 atom stereocenters. The van der Waals surface area contributed by atoms with Gasteiger partial charge < -0.3 is 0 Å². The molecule has 0 heterocycles. The van der Waals surface area contributed by atoms with Crippen LogP contribution in [-0.2, 0) is 0 Å². The van der Waals surface area contributed by atoms with E-state index in [1.165, 1.54) is 6.92 Å². The van der Waals surface area contributed by atoms with Crippen molar-refractivity contribution in [1.82, 2.24) is 0 Å². The SMILES string of the molecule is [B]C(CC)c1c(F)c(F)c(F)c(F)c1F. The molecule has 0 amide bonds. The maximum atomic E-state index is 13.0. The molecule has 1 unspecified atom stereocenters. The normalized spacial score (nSPS) is 12.9. The van der Waals surface area contributed by atoms with Gasteiger partial charge in [-0.2, -0.15) is 0 Å². The first-order valence-corrected chi connectivity index (χ1v) is 4.18. The van der Waals surface area contributed by atoms with Crippen LogP contribution in [0.1, 0.15) is 24.7 Å². The van der Waals surface area contributed by atoms with Crippen molar-refractivity contribution >= 4 is 7.85 Å². The molecule has 0 N–H and O–H groups in total. The summed E-state index contributed by atoms with van der Waals surface area (Å²) in [5.41, 5.74) is -0.964. The Morgan fingerprint density at radius 1 is 0.867 bits per heavy atom. The lowest BCUT2D eigenvalue weighted by atomic mass is 9.78.